The lowest BCUT2D eigenvalue weighted by molar-refractivity contribution is 0.583. The van der Waals surface area contributed by atoms with Gasteiger partial charge in [-0.25, -0.2) is 4.39 Å². The van der Waals surface area contributed by atoms with E-state index in [0.717, 1.165) is 0 Å². The van der Waals surface area contributed by atoms with Gasteiger partial charge in [-0.2, -0.15) is 0 Å². The fourth-order valence-corrected chi connectivity index (χ4v) is 1.29. The van der Waals surface area contributed by atoms with Gasteiger partial charge in [0, 0.05) is 16.6 Å². The maximum atomic E-state index is 13.2. The van der Waals surface area contributed by atoms with E-state index in [4.69, 9.17) is 17.3 Å². The minimum absolute atomic E-state index is 0. The first kappa shape index (κ1) is 13.4. The second-order valence-corrected chi connectivity index (χ2v) is 3.23. The van der Waals surface area contributed by atoms with E-state index in [1.807, 2.05) is 0 Å². The van der Waals surface area contributed by atoms with Crippen molar-refractivity contribution in [2.45, 2.75) is 12.5 Å². The average Bonchev–Trinajstić information content (AvgIpc) is 2.09. The monoisotopic (exact) mass is 235 g/mol. The Bertz CT molecular complexity index is 315. The molecular formula is C10H12Cl2FN. The molecule has 1 atom stereocenters. The van der Waals surface area contributed by atoms with Gasteiger partial charge < -0.3 is 5.73 Å². The molecule has 0 radical (unpaired) electrons. The summed E-state index contributed by atoms with van der Waals surface area (Å²) in [7, 11) is 0. The lowest BCUT2D eigenvalue weighted by atomic mass is 10.0. The highest BCUT2D eigenvalue weighted by Gasteiger charge is 2.09. The summed E-state index contributed by atoms with van der Waals surface area (Å²) in [5, 5.41) is 0.496. The van der Waals surface area contributed by atoms with Crippen molar-refractivity contribution in [1.29, 1.82) is 0 Å². The second kappa shape index (κ2) is 6.02. The summed E-state index contributed by atoms with van der Waals surface area (Å²) >= 11 is 5.71. The number of halogens is 3. The highest BCUT2D eigenvalue weighted by molar-refractivity contribution is 6.30. The molecule has 0 aliphatic carbocycles. The standard InChI is InChI=1S/C10H11ClFN.ClH/c1-2-3-10(13)8-6-7(11)4-5-9(8)12;/h2,4-6,10H,1,3,13H2;1H/t10-;/m0./s1. The van der Waals surface area contributed by atoms with Crippen molar-refractivity contribution in [3.05, 3.63) is 47.3 Å². The van der Waals surface area contributed by atoms with Crippen LogP contribution in [0.2, 0.25) is 5.02 Å². The van der Waals surface area contributed by atoms with Crippen LogP contribution in [0.15, 0.2) is 30.9 Å². The van der Waals surface area contributed by atoms with E-state index in [2.05, 4.69) is 6.58 Å². The maximum Gasteiger partial charge on any atom is 0.128 e. The highest BCUT2D eigenvalue weighted by atomic mass is 35.5. The van der Waals surface area contributed by atoms with Crippen LogP contribution >= 0.6 is 24.0 Å². The van der Waals surface area contributed by atoms with Crippen molar-refractivity contribution in [2.75, 3.05) is 0 Å². The summed E-state index contributed by atoms with van der Waals surface area (Å²) in [6.07, 6.45) is 2.20. The Balaban J connectivity index is 0.00000169. The van der Waals surface area contributed by atoms with E-state index >= 15 is 0 Å². The zero-order valence-corrected chi connectivity index (χ0v) is 9.11. The van der Waals surface area contributed by atoms with Gasteiger partial charge in [0.15, 0.2) is 0 Å². The molecule has 1 aromatic rings. The molecule has 14 heavy (non-hydrogen) atoms. The summed E-state index contributed by atoms with van der Waals surface area (Å²) in [5.41, 5.74) is 6.14. The first-order chi connectivity index (χ1) is 6.15. The molecular weight excluding hydrogens is 224 g/mol. The van der Waals surface area contributed by atoms with Gasteiger partial charge in [0.25, 0.3) is 0 Å². The van der Waals surface area contributed by atoms with Crippen LogP contribution in [0.5, 0.6) is 0 Å². The lowest BCUT2D eigenvalue weighted by Gasteiger charge is -2.10. The summed E-state index contributed by atoms with van der Waals surface area (Å²) < 4.78 is 13.2. The molecule has 0 saturated carbocycles. The first-order valence-electron chi connectivity index (χ1n) is 3.96. The summed E-state index contributed by atoms with van der Waals surface area (Å²) in [5.74, 6) is -0.321. The summed E-state index contributed by atoms with van der Waals surface area (Å²) in [4.78, 5) is 0. The molecule has 0 saturated heterocycles. The molecule has 0 unspecified atom stereocenters. The van der Waals surface area contributed by atoms with Crippen LogP contribution in [-0.2, 0) is 0 Å². The smallest absolute Gasteiger partial charge is 0.128 e. The summed E-state index contributed by atoms with van der Waals surface area (Å²) in [6.45, 7) is 3.54. The Hall–Kier alpha value is -0.570. The Morgan fingerprint density at radius 2 is 2.21 bits per heavy atom. The molecule has 1 rings (SSSR count). The minimum Gasteiger partial charge on any atom is -0.324 e. The maximum absolute atomic E-state index is 13.2. The van der Waals surface area contributed by atoms with Crippen molar-refractivity contribution in [2.24, 2.45) is 5.73 Å². The van der Waals surface area contributed by atoms with E-state index < -0.39 is 0 Å². The number of rotatable bonds is 3. The van der Waals surface area contributed by atoms with E-state index in [1.165, 1.54) is 12.1 Å². The third-order valence-electron chi connectivity index (χ3n) is 1.78. The third kappa shape index (κ3) is 3.29. The molecule has 0 bridgehead atoms. The molecule has 0 fully saturated rings. The van der Waals surface area contributed by atoms with Gasteiger partial charge in [-0.15, -0.1) is 19.0 Å². The van der Waals surface area contributed by atoms with Gasteiger partial charge >= 0.3 is 0 Å². The lowest BCUT2D eigenvalue weighted by Crippen LogP contribution is -2.10. The van der Waals surface area contributed by atoms with Gasteiger partial charge in [0.05, 0.1) is 0 Å². The molecule has 0 amide bonds. The number of nitrogens with two attached hydrogens (primary N) is 1. The normalized spacial score (nSPS) is 11.6. The molecule has 1 nitrogen and oxygen atoms in total. The zero-order valence-electron chi connectivity index (χ0n) is 7.54. The average molecular weight is 236 g/mol. The van der Waals surface area contributed by atoms with Crippen LogP contribution in [0.4, 0.5) is 4.39 Å². The number of benzene rings is 1. The zero-order chi connectivity index (χ0) is 9.84. The summed E-state index contributed by atoms with van der Waals surface area (Å²) in [6, 6.07) is 4.00. The van der Waals surface area contributed by atoms with Crippen LogP contribution in [0, 0.1) is 5.82 Å². The molecule has 0 heterocycles. The van der Waals surface area contributed by atoms with Crippen molar-refractivity contribution >= 4 is 24.0 Å². The Labute approximate surface area is 94.2 Å². The van der Waals surface area contributed by atoms with Gasteiger partial charge in [0.2, 0.25) is 0 Å². The van der Waals surface area contributed by atoms with Crippen LogP contribution in [0.1, 0.15) is 18.0 Å². The molecule has 0 spiro atoms. The van der Waals surface area contributed by atoms with Gasteiger partial charge in [-0.1, -0.05) is 17.7 Å². The van der Waals surface area contributed by atoms with Crippen molar-refractivity contribution in [1.82, 2.24) is 0 Å². The number of hydrogen-bond acceptors (Lipinski definition) is 1. The highest BCUT2D eigenvalue weighted by Crippen LogP contribution is 2.21. The van der Waals surface area contributed by atoms with Crippen LogP contribution in [0.3, 0.4) is 0 Å². The Morgan fingerprint density at radius 3 is 2.79 bits per heavy atom. The Morgan fingerprint density at radius 1 is 1.57 bits per heavy atom. The topological polar surface area (TPSA) is 26.0 Å². The predicted octanol–water partition coefficient (Wildman–Crippen LogP) is 3.48. The quantitative estimate of drug-likeness (QED) is 0.799. The molecule has 78 valence electrons. The molecule has 0 aromatic heterocycles. The van der Waals surface area contributed by atoms with Crippen molar-refractivity contribution in [3.8, 4) is 0 Å². The second-order valence-electron chi connectivity index (χ2n) is 2.80. The fourth-order valence-electron chi connectivity index (χ4n) is 1.11. The van der Waals surface area contributed by atoms with Crippen LogP contribution in [-0.4, -0.2) is 0 Å². The fraction of sp³-hybridized carbons (Fsp3) is 0.200. The molecule has 0 aliphatic rings. The molecule has 4 heteroatoms. The third-order valence-corrected chi connectivity index (χ3v) is 2.01. The van der Waals surface area contributed by atoms with Gasteiger partial charge in [-0.3, -0.25) is 0 Å². The Kier molecular flexibility index (Phi) is 5.77. The van der Waals surface area contributed by atoms with E-state index in [-0.39, 0.29) is 24.3 Å². The van der Waals surface area contributed by atoms with Crippen molar-refractivity contribution in [3.63, 3.8) is 0 Å². The van der Waals surface area contributed by atoms with Crippen molar-refractivity contribution < 1.29 is 4.39 Å². The van der Waals surface area contributed by atoms with Gasteiger partial charge in [0.1, 0.15) is 5.82 Å². The molecule has 1 aromatic carbocycles. The van der Waals surface area contributed by atoms with E-state index in [9.17, 15) is 4.39 Å². The van der Waals surface area contributed by atoms with Gasteiger partial charge in [-0.05, 0) is 24.6 Å². The van der Waals surface area contributed by atoms with Crippen LogP contribution < -0.4 is 5.73 Å². The largest absolute Gasteiger partial charge is 0.324 e. The minimum atomic E-state index is -0.365. The molecule has 2 N–H and O–H groups in total. The van der Waals surface area contributed by atoms with E-state index in [1.54, 1.807) is 12.1 Å². The molecule has 0 aliphatic heterocycles. The predicted molar refractivity (Wildman–Crippen MR) is 60.4 cm³/mol. The first-order valence-corrected chi connectivity index (χ1v) is 4.34. The number of hydrogen-bond donors (Lipinski definition) is 1. The SMILES string of the molecule is C=CC[C@H](N)c1cc(Cl)ccc1F.Cl. The van der Waals surface area contributed by atoms with E-state index in [0.29, 0.717) is 17.0 Å². The van der Waals surface area contributed by atoms with Crippen LogP contribution in [0.25, 0.3) is 0 Å².